The first kappa shape index (κ1) is 14.3. The van der Waals surface area contributed by atoms with Crippen LogP contribution in [0.3, 0.4) is 0 Å². The minimum absolute atomic E-state index is 0.272. The van der Waals surface area contributed by atoms with Gasteiger partial charge in [0.25, 0.3) is 0 Å². The quantitative estimate of drug-likeness (QED) is 0.616. The number of benzene rings is 1. The standard InChI is InChI=1S/C12H14F3NO2/c1-4-16(5-2)11-8(14)6-7(13)10(15)9(11)12(17)18-3/h6H,4-5H2,1-3H3. The van der Waals surface area contributed by atoms with Crippen LogP contribution in [0.2, 0.25) is 0 Å². The van der Waals surface area contributed by atoms with E-state index in [1.54, 1.807) is 13.8 Å². The monoisotopic (exact) mass is 261 g/mol. The van der Waals surface area contributed by atoms with Crippen LogP contribution in [-0.4, -0.2) is 26.2 Å². The molecule has 0 radical (unpaired) electrons. The lowest BCUT2D eigenvalue weighted by atomic mass is 10.1. The van der Waals surface area contributed by atoms with Crippen LogP contribution in [0.1, 0.15) is 24.2 Å². The van der Waals surface area contributed by atoms with Gasteiger partial charge in [0, 0.05) is 19.2 Å². The highest BCUT2D eigenvalue weighted by Gasteiger charge is 2.27. The summed E-state index contributed by atoms with van der Waals surface area (Å²) in [6, 6.07) is 0.426. The highest BCUT2D eigenvalue weighted by Crippen LogP contribution is 2.29. The van der Waals surface area contributed by atoms with Crippen molar-refractivity contribution in [2.24, 2.45) is 0 Å². The van der Waals surface area contributed by atoms with E-state index in [1.807, 2.05) is 0 Å². The Hall–Kier alpha value is -1.72. The fraction of sp³-hybridized carbons (Fsp3) is 0.417. The molecular formula is C12H14F3NO2. The molecule has 0 heterocycles. The van der Waals surface area contributed by atoms with E-state index in [4.69, 9.17) is 0 Å². The lowest BCUT2D eigenvalue weighted by Gasteiger charge is -2.24. The number of nitrogens with zero attached hydrogens (tertiary/aromatic N) is 1. The normalized spacial score (nSPS) is 10.3. The number of ether oxygens (including phenoxy) is 1. The summed E-state index contributed by atoms with van der Waals surface area (Å²) in [5, 5.41) is 0. The van der Waals surface area contributed by atoms with Crippen molar-refractivity contribution in [3.05, 3.63) is 29.1 Å². The molecule has 0 spiro atoms. The molecule has 0 aliphatic heterocycles. The molecule has 6 heteroatoms. The SMILES string of the molecule is CCN(CC)c1c(F)cc(F)c(F)c1C(=O)OC. The summed E-state index contributed by atoms with van der Waals surface area (Å²) in [4.78, 5) is 12.9. The summed E-state index contributed by atoms with van der Waals surface area (Å²) in [6.45, 7) is 4.13. The number of halogens is 3. The summed E-state index contributed by atoms with van der Waals surface area (Å²) >= 11 is 0. The molecule has 0 saturated heterocycles. The van der Waals surface area contributed by atoms with Gasteiger partial charge >= 0.3 is 5.97 Å². The number of anilines is 1. The lowest BCUT2D eigenvalue weighted by molar-refractivity contribution is 0.0594. The molecule has 0 unspecified atom stereocenters. The number of methoxy groups -OCH3 is 1. The molecular weight excluding hydrogens is 247 g/mol. The van der Waals surface area contributed by atoms with Crippen LogP contribution in [0.4, 0.5) is 18.9 Å². The fourth-order valence-electron chi connectivity index (χ4n) is 1.72. The number of carbonyl (C=O) groups is 1. The predicted molar refractivity (Wildman–Crippen MR) is 61.2 cm³/mol. The first-order valence-corrected chi connectivity index (χ1v) is 5.48. The van der Waals surface area contributed by atoms with Crippen LogP contribution in [-0.2, 0) is 4.74 Å². The minimum atomic E-state index is -1.41. The van der Waals surface area contributed by atoms with Crippen LogP contribution in [0.15, 0.2) is 6.07 Å². The van der Waals surface area contributed by atoms with Gasteiger partial charge in [0.2, 0.25) is 0 Å². The zero-order valence-corrected chi connectivity index (χ0v) is 10.4. The topological polar surface area (TPSA) is 29.5 Å². The first-order valence-electron chi connectivity index (χ1n) is 5.48. The van der Waals surface area contributed by atoms with Crippen molar-refractivity contribution in [1.82, 2.24) is 0 Å². The average Bonchev–Trinajstić information content (AvgIpc) is 2.36. The zero-order valence-electron chi connectivity index (χ0n) is 10.4. The Bertz CT molecular complexity index is 459. The number of hydrogen-bond acceptors (Lipinski definition) is 3. The molecule has 100 valence electrons. The van der Waals surface area contributed by atoms with Crippen LogP contribution in [0, 0.1) is 17.5 Å². The van der Waals surface area contributed by atoms with Crippen LogP contribution < -0.4 is 4.90 Å². The van der Waals surface area contributed by atoms with Gasteiger partial charge in [-0.2, -0.15) is 0 Å². The summed E-state index contributed by atoms with van der Waals surface area (Å²) in [5.74, 6) is -4.90. The van der Waals surface area contributed by atoms with Gasteiger partial charge in [-0.25, -0.2) is 18.0 Å². The van der Waals surface area contributed by atoms with E-state index in [0.717, 1.165) is 7.11 Å². The van der Waals surface area contributed by atoms with E-state index in [9.17, 15) is 18.0 Å². The lowest BCUT2D eigenvalue weighted by Crippen LogP contribution is -2.27. The van der Waals surface area contributed by atoms with Crippen LogP contribution in [0.25, 0.3) is 0 Å². The molecule has 3 nitrogen and oxygen atoms in total. The molecule has 0 aromatic heterocycles. The van der Waals surface area contributed by atoms with Crippen LogP contribution in [0.5, 0.6) is 0 Å². The van der Waals surface area contributed by atoms with Crippen LogP contribution >= 0.6 is 0 Å². The van der Waals surface area contributed by atoms with Gasteiger partial charge in [-0.15, -0.1) is 0 Å². The van der Waals surface area contributed by atoms with Crippen molar-refractivity contribution in [2.45, 2.75) is 13.8 Å². The Morgan fingerprint density at radius 3 is 2.22 bits per heavy atom. The number of esters is 1. The van der Waals surface area contributed by atoms with Crippen molar-refractivity contribution in [2.75, 3.05) is 25.1 Å². The van der Waals surface area contributed by atoms with Crippen molar-refractivity contribution in [3.63, 3.8) is 0 Å². The Kier molecular flexibility index (Phi) is 4.58. The van der Waals surface area contributed by atoms with Gasteiger partial charge in [-0.3, -0.25) is 0 Å². The van der Waals surface area contributed by atoms with Crippen molar-refractivity contribution >= 4 is 11.7 Å². The number of rotatable bonds is 4. The Balaban J connectivity index is 3.56. The molecule has 18 heavy (non-hydrogen) atoms. The molecule has 0 saturated carbocycles. The van der Waals surface area contributed by atoms with Gasteiger partial charge in [-0.05, 0) is 13.8 Å². The summed E-state index contributed by atoms with van der Waals surface area (Å²) < 4.78 is 44.9. The highest BCUT2D eigenvalue weighted by molar-refractivity contribution is 5.96. The molecule has 0 aliphatic carbocycles. The third-order valence-electron chi connectivity index (χ3n) is 2.61. The maximum atomic E-state index is 13.8. The molecule has 1 rings (SSSR count). The number of carbonyl (C=O) groups excluding carboxylic acids is 1. The van der Waals surface area contributed by atoms with E-state index < -0.39 is 29.0 Å². The second-order valence-electron chi connectivity index (χ2n) is 3.54. The maximum absolute atomic E-state index is 13.8. The van der Waals surface area contributed by atoms with E-state index in [0.29, 0.717) is 19.2 Å². The van der Waals surface area contributed by atoms with Gasteiger partial charge in [-0.1, -0.05) is 0 Å². The van der Waals surface area contributed by atoms with E-state index >= 15 is 0 Å². The molecule has 0 amide bonds. The number of hydrogen-bond donors (Lipinski definition) is 0. The fourth-order valence-corrected chi connectivity index (χ4v) is 1.72. The highest BCUT2D eigenvalue weighted by atomic mass is 19.2. The Morgan fingerprint density at radius 2 is 1.78 bits per heavy atom. The molecule has 0 fully saturated rings. The first-order chi connectivity index (χ1) is 8.47. The smallest absolute Gasteiger partial charge is 0.343 e. The predicted octanol–water partition coefficient (Wildman–Crippen LogP) is 2.74. The molecule has 0 aliphatic rings. The molecule has 0 bridgehead atoms. The third-order valence-corrected chi connectivity index (χ3v) is 2.61. The third kappa shape index (κ3) is 2.42. The molecule has 0 N–H and O–H groups in total. The summed E-state index contributed by atoms with van der Waals surface area (Å²) in [7, 11) is 1.02. The van der Waals surface area contributed by atoms with E-state index in [-0.39, 0.29) is 5.69 Å². The average molecular weight is 261 g/mol. The Labute approximate surface area is 103 Å². The second kappa shape index (κ2) is 5.75. The van der Waals surface area contributed by atoms with Gasteiger partial charge in [0.05, 0.1) is 12.8 Å². The van der Waals surface area contributed by atoms with Gasteiger partial charge < -0.3 is 9.64 Å². The summed E-state index contributed by atoms with van der Waals surface area (Å²) in [6.07, 6.45) is 0. The summed E-state index contributed by atoms with van der Waals surface area (Å²) in [5.41, 5.74) is -0.982. The van der Waals surface area contributed by atoms with Crippen molar-refractivity contribution in [1.29, 1.82) is 0 Å². The van der Waals surface area contributed by atoms with Crippen molar-refractivity contribution in [3.8, 4) is 0 Å². The van der Waals surface area contributed by atoms with E-state index in [2.05, 4.69) is 4.74 Å². The zero-order chi connectivity index (χ0) is 13.9. The molecule has 1 aromatic rings. The minimum Gasteiger partial charge on any atom is -0.465 e. The van der Waals surface area contributed by atoms with Crippen molar-refractivity contribution < 1.29 is 22.7 Å². The Morgan fingerprint density at radius 1 is 1.22 bits per heavy atom. The molecule has 0 atom stereocenters. The van der Waals surface area contributed by atoms with E-state index in [1.165, 1.54) is 4.90 Å². The molecule has 1 aromatic carbocycles. The maximum Gasteiger partial charge on any atom is 0.343 e. The van der Waals surface area contributed by atoms with Gasteiger partial charge in [0.1, 0.15) is 5.56 Å². The largest absolute Gasteiger partial charge is 0.465 e. The second-order valence-corrected chi connectivity index (χ2v) is 3.54. The van der Waals surface area contributed by atoms with Gasteiger partial charge in [0.15, 0.2) is 17.5 Å².